The lowest BCUT2D eigenvalue weighted by Gasteiger charge is -2.01. The third-order valence-electron chi connectivity index (χ3n) is 3.03. The number of hydrogen-bond acceptors (Lipinski definition) is 0. The summed E-state index contributed by atoms with van der Waals surface area (Å²) >= 11 is 7.05. The second-order valence-corrected chi connectivity index (χ2v) is 6.29. The Kier molecular flexibility index (Phi) is 2.97. The Morgan fingerprint density at radius 3 is 1.59 bits per heavy atom. The topological polar surface area (TPSA) is 15.8 Å². The van der Waals surface area contributed by atoms with Gasteiger partial charge in [-0.3, -0.25) is 0 Å². The molecule has 1 aromatic rings. The molecule has 0 unspecified atom stereocenters. The van der Waals surface area contributed by atoms with Crippen LogP contribution in [0.1, 0.15) is 24.2 Å². The molecule has 0 aromatic carbocycles. The van der Waals surface area contributed by atoms with Crippen molar-refractivity contribution in [2.75, 3.05) is 0 Å². The van der Waals surface area contributed by atoms with Gasteiger partial charge in [-0.05, 0) is 32.2 Å². The van der Waals surface area contributed by atoms with E-state index in [4.69, 9.17) is 0 Å². The van der Waals surface area contributed by atoms with E-state index in [0.717, 1.165) is 12.8 Å². The zero-order valence-corrected chi connectivity index (χ0v) is 12.3. The van der Waals surface area contributed by atoms with Gasteiger partial charge < -0.3 is 4.98 Å². The lowest BCUT2D eigenvalue weighted by atomic mass is 10.2. The molecule has 0 saturated carbocycles. The molecule has 86 valence electrons. The third kappa shape index (κ3) is 2.26. The van der Waals surface area contributed by atoms with E-state index in [1.54, 1.807) is 0 Å². The molecule has 0 spiro atoms. The van der Waals surface area contributed by atoms with Gasteiger partial charge in [0.05, 0.1) is 0 Å². The Hall–Kier alpha value is -0.800. The second kappa shape index (κ2) is 4.46. The minimum absolute atomic E-state index is 0.987. The molecular formula is C14H11Br2N. The summed E-state index contributed by atoms with van der Waals surface area (Å²) in [5.41, 5.74) is 5.12. The molecule has 0 bridgehead atoms. The van der Waals surface area contributed by atoms with Crippen molar-refractivity contribution in [1.29, 1.82) is 0 Å². The molecule has 3 rings (SSSR count). The van der Waals surface area contributed by atoms with Crippen LogP contribution in [0.2, 0.25) is 0 Å². The molecule has 0 radical (unpaired) electrons. The molecule has 0 aliphatic heterocycles. The summed E-state index contributed by atoms with van der Waals surface area (Å²) in [6, 6.07) is 4.32. The summed E-state index contributed by atoms with van der Waals surface area (Å²) in [5, 5.41) is 0. The summed E-state index contributed by atoms with van der Waals surface area (Å²) in [6.07, 6.45) is 10.5. The number of H-pyrrole nitrogens is 1. The molecule has 17 heavy (non-hydrogen) atoms. The van der Waals surface area contributed by atoms with Crippen LogP contribution in [0.5, 0.6) is 0 Å². The van der Waals surface area contributed by atoms with E-state index in [2.05, 4.69) is 73.3 Å². The van der Waals surface area contributed by atoms with E-state index in [9.17, 15) is 0 Å². The molecule has 0 saturated heterocycles. The van der Waals surface area contributed by atoms with Gasteiger partial charge in [-0.1, -0.05) is 56.2 Å². The van der Waals surface area contributed by atoms with E-state index < -0.39 is 0 Å². The monoisotopic (exact) mass is 351 g/mol. The standard InChI is InChI=1S/C14H11Br2N/c15-11-3-1-9(7-11)13-5-6-14(17-13)10-2-4-12(16)8-10/h1-6,17H,7-8H2. The maximum atomic E-state index is 3.53. The van der Waals surface area contributed by atoms with Crippen molar-refractivity contribution in [3.05, 3.63) is 56.8 Å². The van der Waals surface area contributed by atoms with Crippen LogP contribution in [-0.4, -0.2) is 4.98 Å². The van der Waals surface area contributed by atoms with Gasteiger partial charge in [-0.2, -0.15) is 0 Å². The van der Waals surface area contributed by atoms with Crippen molar-refractivity contribution < 1.29 is 0 Å². The van der Waals surface area contributed by atoms with E-state index >= 15 is 0 Å². The van der Waals surface area contributed by atoms with Crippen molar-refractivity contribution in [2.24, 2.45) is 0 Å². The first kappa shape index (κ1) is 11.3. The number of halogens is 2. The molecule has 1 nitrogen and oxygen atoms in total. The summed E-state index contributed by atoms with van der Waals surface area (Å²) in [7, 11) is 0. The SMILES string of the molecule is BrC1=CC=C(c2ccc(C3=CC=C(Br)C3)[nH]2)C1. The minimum Gasteiger partial charge on any atom is -0.355 e. The Morgan fingerprint density at radius 2 is 1.24 bits per heavy atom. The molecular weight excluding hydrogens is 342 g/mol. The van der Waals surface area contributed by atoms with Gasteiger partial charge in [0.1, 0.15) is 0 Å². The van der Waals surface area contributed by atoms with E-state index in [0.29, 0.717) is 0 Å². The summed E-state index contributed by atoms with van der Waals surface area (Å²) < 4.78 is 2.49. The molecule has 2 aliphatic carbocycles. The van der Waals surface area contributed by atoms with Gasteiger partial charge in [0.25, 0.3) is 0 Å². The predicted octanol–water partition coefficient (Wildman–Crippen LogP) is 5.15. The molecule has 0 atom stereocenters. The highest BCUT2D eigenvalue weighted by molar-refractivity contribution is 9.12. The Morgan fingerprint density at radius 1 is 0.765 bits per heavy atom. The van der Waals surface area contributed by atoms with Crippen molar-refractivity contribution in [3.8, 4) is 0 Å². The number of allylic oxidation sites excluding steroid dienone is 8. The maximum absolute atomic E-state index is 3.53. The van der Waals surface area contributed by atoms with Crippen LogP contribution < -0.4 is 0 Å². The van der Waals surface area contributed by atoms with Crippen LogP contribution in [0.15, 0.2) is 45.4 Å². The smallest absolute Gasteiger partial charge is 0.0421 e. The van der Waals surface area contributed by atoms with Gasteiger partial charge in [-0.25, -0.2) is 0 Å². The number of rotatable bonds is 2. The van der Waals surface area contributed by atoms with Gasteiger partial charge in [0.2, 0.25) is 0 Å². The molecule has 1 aromatic heterocycles. The Balaban J connectivity index is 1.81. The Labute approximate surface area is 117 Å². The van der Waals surface area contributed by atoms with Crippen molar-refractivity contribution >= 4 is 43.0 Å². The number of hydrogen-bond donors (Lipinski definition) is 1. The number of aromatic amines is 1. The van der Waals surface area contributed by atoms with E-state index in [1.165, 1.54) is 31.5 Å². The summed E-state index contributed by atoms with van der Waals surface area (Å²) in [6.45, 7) is 0. The van der Waals surface area contributed by atoms with Gasteiger partial charge >= 0.3 is 0 Å². The number of nitrogens with one attached hydrogen (secondary N) is 1. The first-order valence-corrected chi connectivity index (χ1v) is 7.11. The van der Waals surface area contributed by atoms with Gasteiger partial charge in [0, 0.05) is 24.2 Å². The van der Waals surface area contributed by atoms with Crippen LogP contribution in [-0.2, 0) is 0 Å². The molecule has 2 aliphatic rings. The second-order valence-electron chi connectivity index (χ2n) is 4.25. The van der Waals surface area contributed by atoms with Crippen LogP contribution in [0, 0.1) is 0 Å². The van der Waals surface area contributed by atoms with Gasteiger partial charge in [-0.15, -0.1) is 0 Å². The fourth-order valence-corrected chi connectivity index (χ4v) is 2.99. The first-order valence-electron chi connectivity index (χ1n) is 5.52. The van der Waals surface area contributed by atoms with Crippen LogP contribution in [0.3, 0.4) is 0 Å². The predicted molar refractivity (Wildman–Crippen MR) is 80.0 cm³/mol. The summed E-state index contributed by atoms with van der Waals surface area (Å²) in [5.74, 6) is 0. The molecule has 1 N–H and O–H groups in total. The van der Waals surface area contributed by atoms with Crippen LogP contribution in [0.25, 0.3) is 11.1 Å². The quantitative estimate of drug-likeness (QED) is 0.757. The maximum Gasteiger partial charge on any atom is 0.0421 e. The molecule has 0 fully saturated rings. The zero-order chi connectivity index (χ0) is 11.8. The zero-order valence-electron chi connectivity index (χ0n) is 9.13. The van der Waals surface area contributed by atoms with Crippen molar-refractivity contribution in [2.45, 2.75) is 12.8 Å². The Bertz CT molecular complexity index is 535. The first-order chi connectivity index (χ1) is 8.22. The van der Waals surface area contributed by atoms with Crippen LogP contribution in [0.4, 0.5) is 0 Å². The van der Waals surface area contributed by atoms with E-state index in [-0.39, 0.29) is 0 Å². The fraction of sp³-hybridized carbons (Fsp3) is 0.143. The lowest BCUT2D eigenvalue weighted by molar-refractivity contribution is 1.25. The normalized spacial score (nSPS) is 18.9. The highest BCUT2D eigenvalue weighted by Gasteiger charge is 2.13. The van der Waals surface area contributed by atoms with E-state index in [1.807, 2.05) is 0 Å². The van der Waals surface area contributed by atoms with Gasteiger partial charge in [0.15, 0.2) is 0 Å². The average molecular weight is 353 g/mol. The fourth-order valence-electron chi connectivity index (χ4n) is 2.12. The lowest BCUT2D eigenvalue weighted by Crippen LogP contribution is -1.85. The third-order valence-corrected chi connectivity index (χ3v) is 4.12. The highest BCUT2D eigenvalue weighted by atomic mass is 79.9. The molecule has 1 heterocycles. The molecule has 0 amide bonds. The largest absolute Gasteiger partial charge is 0.355 e. The van der Waals surface area contributed by atoms with Crippen molar-refractivity contribution in [3.63, 3.8) is 0 Å². The number of aromatic nitrogens is 1. The minimum atomic E-state index is 0.987. The van der Waals surface area contributed by atoms with Crippen molar-refractivity contribution in [1.82, 2.24) is 4.98 Å². The van der Waals surface area contributed by atoms with Crippen LogP contribution >= 0.6 is 31.9 Å². The summed E-state index contributed by atoms with van der Waals surface area (Å²) in [4.78, 5) is 3.49. The average Bonchev–Trinajstić information content (AvgIpc) is 2.96. The highest BCUT2D eigenvalue weighted by Crippen LogP contribution is 2.34. The molecule has 3 heteroatoms.